The first kappa shape index (κ1) is 17.5. The van der Waals surface area contributed by atoms with Crippen molar-refractivity contribution >= 4 is 17.5 Å². The van der Waals surface area contributed by atoms with Gasteiger partial charge >= 0.3 is 0 Å². The number of carbonyl (C=O) groups excluding carboxylic acids is 1. The molecule has 1 spiro atoms. The number of halogens is 1. The van der Waals surface area contributed by atoms with Crippen LogP contribution >= 0.6 is 11.6 Å². The summed E-state index contributed by atoms with van der Waals surface area (Å²) in [6.07, 6.45) is 0.915. The Morgan fingerprint density at radius 3 is 2.73 bits per heavy atom. The minimum absolute atomic E-state index is 0.447. The lowest BCUT2D eigenvalue weighted by molar-refractivity contribution is -0.148. The van der Waals surface area contributed by atoms with Crippen LogP contribution in [0, 0.1) is 6.92 Å². The SMILES string of the molecule is Cc1cc(CN2CCC3(CC2)OC(C(N)=O)c2ccc(Cl)cc23)nn1C. The van der Waals surface area contributed by atoms with Gasteiger partial charge in [0.25, 0.3) is 5.91 Å². The molecular weight excluding hydrogens is 352 g/mol. The molecule has 2 aromatic rings. The molecule has 1 aromatic heterocycles. The number of benzene rings is 1. The third-order valence-electron chi connectivity index (χ3n) is 5.60. The Kier molecular flexibility index (Phi) is 4.29. The molecule has 7 heteroatoms. The Hall–Kier alpha value is -1.89. The van der Waals surface area contributed by atoms with Gasteiger partial charge in [-0.25, -0.2) is 0 Å². The zero-order chi connectivity index (χ0) is 18.5. The number of rotatable bonds is 3. The molecule has 0 saturated carbocycles. The number of ether oxygens (including phenoxy) is 1. The lowest BCUT2D eigenvalue weighted by Crippen LogP contribution is -2.42. The number of aryl methyl sites for hydroxylation is 2. The summed E-state index contributed by atoms with van der Waals surface area (Å²) in [5.74, 6) is -0.447. The number of nitrogens with zero attached hydrogens (tertiary/aromatic N) is 3. The quantitative estimate of drug-likeness (QED) is 0.895. The predicted octanol–water partition coefficient (Wildman–Crippen LogP) is 2.43. The van der Waals surface area contributed by atoms with E-state index in [4.69, 9.17) is 22.1 Å². The van der Waals surface area contributed by atoms with Crippen LogP contribution in [0.3, 0.4) is 0 Å². The Morgan fingerprint density at radius 1 is 1.38 bits per heavy atom. The maximum Gasteiger partial charge on any atom is 0.251 e. The van der Waals surface area contributed by atoms with Crippen molar-refractivity contribution in [3.63, 3.8) is 0 Å². The molecule has 1 saturated heterocycles. The van der Waals surface area contributed by atoms with Gasteiger partial charge < -0.3 is 10.5 Å². The molecule has 4 rings (SSSR count). The first-order valence-electron chi connectivity index (χ1n) is 8.87. The molecule has 0 bridgehead atoms. The molecule has 0 aliphatic carbocycles. The second-order valence-corrected chi connectivity index (χ2v) is 7.74. The molecular formula is C19H23ClN4O2. The maximum absolute atomic E-state index is 11.9. The van der Waals surface area contributed by atoms with Crippen molar-refractivity contribution in [3.8, 4) is 0 Å². The summed E-state index contributed by atoms with van der Waals surface area (Å²) in [7, 11) is 1.96. The van der Waals surface area contributed by atoms with Gasteiger partial charge in [-0.05, 0) is 49.1 Å². The summed E-state index contributed by atoms with van der Waals surface area (Å²) < 4.78 is 8.12. The number of fused-ring (bicyclic) bond motifs is 2. The van der Waals surface area contributed by atoms with Gasteiger partial charge in [0, 0.05) is 37.4 Å². The molecule has 138 valence electrons. The Morgan fingerprint density at radius 2 is 2.12 bits per heavy atom. The van der Waals surface area contributed by atoms with Crippen LogP contribution in [-0.4, -0.2) is 33.7 Å². The van der Waals surface area contributed by atoms with Crippen molar-refractivity contribution in [3.05, 3.63) is 51.8 Å². The Bertz CT molecular complexity index is 836. The highest BCUT2D eigenvalue weighted by atomic mass is 35.5. The third kappa shape index (κ3) is 2.92. The number of hydrogen-bond acceptors (Lipinski definition) is 4. The molecule has 1 unspecified atom stereocenters. The van der Waals surface area contributed by atoms with Crippen LogP contribution in [0.5, 0.6) is 0 Å². The highest BCUT2D eigenvalue weighted by Crippen LogP contribution is 2.50. The van der Waals surface area contributed by atoms with Gasteiger partial charge in [0.2, 0.25) is 0 Å². The third-order valence-corrected chi connectivity index (χ3v) is 5.84. The van der Waals surface area contributed by atoms with Gasteiger partial charge in [0.1, 0.15) is 0 Å². The fourth-order valence-corrected chi connectivity index (χ4v) is 4.29. The highest BCUT2D eigenvalue weighted by molar-refractivity contribution is 6.30. The highest BCUT2D eigenvalue weighted by Gasteiger charge is 2.48. The maximum atomic E-state index is 11.9. The lowest BCUT2D eigenvalue weighted by Gasteiger charge is -2.39. The second kappa shape index (κ2) is 6.37. The average Bonchev–Trinajstić information content (AvgIpc) is 3.08. The van der Waals surface area contributed by atoms with Crippen molar-refractivity contribution in [2.75, 3.05) is 13.1 Å². The van der Waals surface area contributed by atoms with Crippen LogP contribution in [0.25, 0.3) is 0 Å². The van der Waals surface area contributed by atoms with Crippen LogP contribution in [0.15, 0.2) is 24.3 Å². The van der Waals surface area contributed by atoms with Gasteiger partial charge in [0.15, 0.2) is 6.10 Å². The van der Waals surface area contributed by atoms with Gasteiger partial charge in [-0.15, -0.1) is 0 Å². The Labute approximate surface area is 157 Å². The van der Waals surface area contributed by atoms with Gasteiger partial charge in [-0.3, -0.25) is 14.4 Å². The summed E-state index contributed by atoms with van der Waals surface area (Å²) in [5, 5.41) is 5.20. The van der Waals surface area contributed by atoms with E-state index in [9.17, 15) is 4.79 Å². The van der Waals surface area contributed by atoms with Crippen LogP contribution in [0.4, 0.5) is 0 Å². The smallest absolute Gasteiger partial charge is 0.251 e. The van der Waals surface area contributed by atoms with Crippen LogP contribution in [0.2, 0.25) is 5.02 Å². The monoisotopic (exact) mass is 374 g/mol. The van der Waals surface area contributed by atoms with E-state index >= 15 is 0 Å². The molecule has 1 amide bonds. The van der Waals surface area contributed by atoms with E-state index in [1.165, 1.54) is 0 Å². The first-order chi connectivity index (χ1) is 12.4. The van der Waals surface area contributed by atoms with E-state index < -0.39 is 17.6 Å². The van der Waals surface area contributed by atoms with E-state index in [0.29, 0.717) is 5.02 Å². The fraction of sp³-hybridized carbons (Fsp3) is 0.474. The number of likely N-dealkylation sites (tertiary alicyclic amines) is 1. The summed E-state index contributed by atoms with van der Waals surface area (Å²) in [6, 6.07) is 7.70. The number of carbonyl (C=O) groups is 1. The molecule has 2 aliphatic heterocycles. The van der Waals surface area contributed by atoms with Gasteiger partial charge in [-0.2, -0.15) is 5.10 Å². The number of nitrogens with two attached hydrogens (primary N) is 1. The summed E-state index contributed by atoms with van der Waals surface area (Å²) in [6.45, 7) is 4.61. The van der Waals surface area contributed by atoms with Crippen LogP contribution < -0.4 is 5.73 Å². The summed E-state index contributed by atoms with van der Waals surface area (Å²) in [5.41, 5.74) is 9.19. The van der Waals surface area contributed by atoms with Crippen molar-refractivity contribution in [1.29, 1.82) is 0 Å². The lowest BCUT2D eigenvalue weighted by atomic mass is 9.83. The molecule has 2 N–H and O–H groups in total. The van der Waals surface area contributed by atoms with E-state index in [-0.39, 0.29) is 0 Å². The summed E-state index contributed by atoms with van der Waals surface area (Å²) >= 11 is 6.21. The number of primary amides is 1. The second-order valence-electron chi connectivity index (χ2n) is 7.30. The molecule has 6 nitrogen and oxygen atoms in total. The molecule has 3 heterocycles. The minimum Gasteiger partial charge on any atom is -0.367 e. The zero-order valence-corrected chi connectivity index (χ0v) is 15.8. The fourth-order valence-electron chi connectivity index (χ4n) is 4.12. The van der Waals surface area contributed by atoms with Crippen LogP contribution in [-0.2, 0) is 28.7 Å². The van der Waals surface area contributed by atoms with Crippen molar-refractivity contribution in [2.45, 2.75) is 38.0 Å². The van der Waals surface area contributed by atoms with E-state index in [1.54, 1.807) is 6.07 Å². The topological polar surface area (TPSA) is 73.4 Å². The minimum atomic E-state index is -0.688. The molecule has 1 aromatic carbocycles. The van der Waals surface area contributed by atoms with E-state index in [2.05, 4.69) is 23.0 Å². The Balaban J connectivity index is 1.53. The number of aromatic nitrogens is 2. The van der Waals surface area contributed by atoms with E-state index in [1.807, 2.05) is 23.9 Å². The number of piperidine rings is 1. The molecule has 26 heavy (non-hydrogen) atoms. The van der Waals surface area contributed by atoms with Crippen molar-refractivity contribution < 1.29 is 9.53 Å². The normalized spacial score (nSPS) is 21.9. The molecule has 1 atom stereocenters. The predicted molar refractivity (Wildman–Crippen MR) is 98.6 cm³/mol. The molecule has 1 fully saturated rings. The molecule has 2 aliphatic rings. The van der Waals surface area contributed by atoms with Crippen LogP contribution in [0.1, 0.15) is 41.5 Å². The van der Waals surface area contributed by atoms with Crippen molar-refractivity contribution in [1.82, 2.24) is 14.7 Å². The van der Waals surface area contributed by atoms with Gasteiger partial charge in [0.05, 0.1) is 11.3 Å². The largest absolute Gasteiger partial charge is 0.367 e. The number of hydrogen-bond donors (Lipinski definition) is 1. The van der Waals surface area contributed by atoms with E-state index in [0.717, 1.165) is 55.0 Å². The summed E-state index contributed by atoms with van der Waals surface area (Å²) in [4.78, 5) is 14.2. The zero-order valence-electron chi connectivity index (χ0n) is 15.0. The number of amides is 1. The standard InChI is InChI=1S/C19H23ClN4O2/c1-12-9-14(22-23(12)2)11-24-7-5-19(6-8-24)16-10-13(20)3-4-15(16)17(26-19)18(21)25/h3-4,9-10,17H,5-8,11H2,1-2H3,(H2,21,25). The van der Waals surface area contributed by atoms with Gasteiger partial charge in [-0.1, -0.05) is 17.7 Å². The van der Waals surface area contributed by atoms with Crippen molar-refractivity contribution in [2.24, 2.45) is 12.8 Å². The first-order valence-corrected chi connectivity index (χ1v) is 9.25. The molecule has 0 radical (unpaired) electrons. The average molecular weight is 375 g/mol.